The van der Waals surface area contributed by atoms with Crippen molar-refractivity contribution in [3.8, 4) is 10.6 Å². The first-order valence-electron chi connectivity index (χ1n) is 7.67. The quantitative estimate of drug-likeness (QED) is 0.599. The molecule has 0 spiro atoms. The van der Waals surface area contributed by atoms with Crippen molar-refractivity contribution in [2.75, 3.05) is 6.54 Å². The third-order valence-corrected chi connectivity index (χ3v) is 5.29. The summed E-state index contributed by atoms with van der Waals surface area (Å²) in [6.07, 6.45) is 3.22. The molecule has 0 atom stereocenters. The fourth-order valence-corrected chi connectivity index (χ4v) is 4.23. The van der Waals surface area contributed by atoms with E-state index in [4.69, 9.17) is 17.3 Å². The topological polar surface area (TPSA) is 41.8 Å². The van der Waals surface area contributed by atoms with Gasteiger partial charge in [-0.25, -0.2) is 0 Å². The SMILES string of the molecule is Cc1cc(C)c2c(CCCCN)c(-c3ccc(Cl)s3)[nH]c2c1. The zero-order chi connectivity index (χ0) is 15.7. The molecule has 0 radical (unpaired) electrons. The molecule has 0 amide bonds. The van der Waals surface area contributed by atoms with Crippen LogP contribution >= 0.6 is 22.9 Å². The number of hydrogen-bond donors (Lipinski definition) is 2. The Bertz CT molecular complexity index is 801. The molecule has 3 aromatic rings. The first-order valence-corrected chi connectivity index (χ1v) is 8.87. The van der Waals surface area contributed by atoms with Gasteiger partial charge in [0.1, 0.15) is 0 Å². The number of nitrogens with two attached hydrogens (primary N) is 1. The Kier molecular flexibility index (Phi) is 4.57. The molecular weight excluding hydrogens is 312 g/mol. The van der Waals surface area contributed by atoms with Crippen LogP contribution in [0.15, 0.2) is 24.3 Å². The molecule has 116 valence electrons. The lowest BCUT2D eigenvalue weighted by Gasteiger charge is -2.05. The monoisotopic (exact) mass is 332 g/mol. The summed E-state index contributed by atoms with van der Waals surface area (Å²) < 4.78 is 0.828. The minimum atomic E-state index is 0.751. The summed E-state index contributed by atoms with van der Waals surface area (Å²) in [6, 6.07) is 8.56. The number of benzene rings is 1. The van der Waals surface area contributed by atoms with E-state index in [-0.39, 0.29) is 0 Å². The van der Waals surface area contributed by atoms with Gasteiger partial charge in [-0.1, -0.05) is 17.7 Å². The number of thiophene rings is 1. The molecule has 0 aliphatic heterocycles. The van der Waals surface area contributed by atoms with E-state index in [0.717, 1.165) is 30.1 Å². The van der Waals surface area contributed by atoms with Crippen molar-refractivity contribution < 1.29 is 0 Å². The Labute approximate surface area is 140 Å². The maximum Gasteiger partial charge on any atom is 0.0935 e. The van der Waals surface area contributed by atoms with Crippen molar-refractivity contribution in [3.05, 3.63) is 45.3 Å². The molecule has 0 saturated carbocycles. The molecule has 2 heterocycles. The molecule has 0 fully saturated rings. The second kappa shape index (κ2) is 6.45. The van der Waals surface area contributed by atoms with Gasteiger partial charge in [0.05, 0.1) is 14.9 Å². The van der Waals surface area contributed by atoms with Crippen LogP contribution in [0.4, 0.5) is 0 Å². The molecule has 3 N–H and O–H groups in total. The fraction of sp³-hybridized carbons (Fsp3) is 0.333. The summed E-state index contributed by atoms with van der Waals surface area (Å²) in [5.74, 6) is 0. The lowest BCUT2D eigenvalue weighted by Crippen LogP contribution is -1.99. The smallest absolute Gasteiger partial charge is 0.0935 e. The average Bonchev–Trinajstić information content (AvgIpc) is 3.03. The molecule has 0 bridgehead atoms. The van der Waals surface area contributed by atoms with Crippen LogP contribution in [0.5, 0.6) is 0 Å². The standard InChI is InChI=1S/C18H21ClN2S/c1-11-9-12(2)17-13(5-3-4-8-20)18(21-14(17)10-11)15-6-7-16(19)22-15/h6-7,9-10,21H,3-5,8,20H2,1-2H3. The van der Waals surface area contributed by atoms with Gasteiger partial charge >= 0.3 is 0 Å². The molecule has 1 aromatic carbocycles. The fourth-order valence-electron chi connectivity index (χ4n) is 3.16. The number of aryl methyl sites for hydroxylation is 3. The number of fused-ring (bicyclic) bond motifs is 1. The van der Waals surface area contributed by atoms with Gasteiger partial charge in [-0.05, 0) is 74.5 Å². The molecule has 2 aromatic heterocycles. The van der Waals surface area contributed by atoms with Crippen LogP contribution < -0.4 is 5.73 Å². The van der Waals surface area contributed by atoms with Gasteiger partial charge in [-0.15, -0.1) is 11.3 Å². The molecule has 2 nitrogen and oxygen atoms in total. The highest BCUT2D eigenvalue weighted by Crippen LogP contribution is 2.38. The van der Waals surface area contributed by atoms with Gasteiger partial charge in [-0.2, -0.15) is 0 Å². The van der Waals surface area contributed by atoms with Gasteiger partial charge in [0.25, 0.3) is 0 Å². The van der Waals surface area contributed by atoms with E-state index in [0.29, 0.717) is 0 Å². The summed E-state index contributed by atoms with van der Waals surface area (Å²) in [6.45, 7) is 5.09. The van der Waals surface area contributed by atoms with Crippen LogP contribution in [0, 0.1) is 13.8 Å². The zero-order valence-electron chi connectivity index (χ0n) is 13.0. The largest absolute Gasteiger partial charge is 0.354 e. The van der Waals surface area contributed by atoms with E-state index >= 15 is 0 Å². The number of unbranched alkanes of at least 4 members (excludes halogenated alkanes) is 1. The number of nitrogens with one attached hydrogen (secondary N) is 1. The van der Waals surface area contributed by atoms with E-state index in [1.54, 1.807) is 11.3 Å². The van der Waals surface area contributed by atoms with Crippen LogP contribution in [0.3, 0.4) is 0 Å². The van der Waals surface area contributed by atoms with Crippen molar-refractivity contribution in [3.63, 3.8) is 0 Å². The second-order valence-electron chi connectivity index (χ2n) is 5.83. The van der Waals surface area contributed by atoms with E-state index in [1.165, 1.54) is 38.2 Å². The first-order chi connectivity index (χ1) is 10.6. The van der Waals surface area contributed by atoms with Crippen LogP contribution in [-0.4, -0.2) is 11.5 Å². The molecule has 3 rings (SSSR count). The number of aromatic amines is 1. The molecule has 0 saturated heterocycles. The van der Waals surface area contributed by atoms with Crippen molar-refractivity contribution >= 4 is 33.8 Å². The van der Waals surface area contributed by atoms with Crippen molar-refractivity contribution in [1.29, 1.82) is 0 Å². The summed E-state index contributed by atoms with van der Waals surface area (Å²) >= 11 is 7.76. The Morgan fingerprint density at radius 3 is 2.68 bits per heavy atom. The maximum atomic E-state index is 6.13. The van der Waals surface area contributed by atoms with Crippen LogP contribution in [0.2, 0.25) is 4.34 Å². The van der Waals surface area contributed by atoms with E-state index in [2.05, 4.69) is 37.0 Å². The molecule has 22 heavy (non-hydrogen) atoms. The van der Waals surface area contributed by atoms with Crippen molar-refractivity contribution in [1.82, 2.24) is 4.98 Å². The molecular formula is C18H21ClN2S. The molecule has 0 aliphatic carbocycles. The number of halogens is 1. The molecule has 0 aliphatic rings. The second-order valence-corrected chi connectivity index (χ2v) is 7.55. The third-order valence-electron chi connectivity index (χ3n) is 4.04. The Balaban J connectivity index is 2.16. The minimum absolute atomic E-state index is 0.751. The highest BCUT2D eigenvalue weighted by Gasteiger charge is 2.16. The van der Waals surface area contributed by atoms with Crippen LogP contribution in [0.1, 0.15) is 29.5 Å². The number of H-pyrrole nitrogens is 1. The summed E-state index contributed by atoms with van der Waals surface area (Å²) in [7, 11) is 0. The first kappa shape index (κ1) is 15.6. The van der Waals surface area contributed by atoms with Crippen molar-refractivity contribution in [2.45, 2.75) is 33.1 Å². The van der Waals surface area contributed by atoms with Gasteiger partial charge in [-0.3, -0.25) is 0 Å². The highest BCUT2D eigenvalue weighted by molar-refractivity contribution is 7.19. The third kappa shape index (κ3) is 2.94. The average molecular weight is 333 g/mol. The number of rotatable bonds is 5. The van der Waals surface area contributed by atoms with Crippen molar-refractivity contribution in [2.24, 2.45) is 5.73 Å². The maximum absolute atomic E-state index is 6.13. The van der Waals surface area contributed by atoms with Gasteiger partial charge in [0.2, 0.25) is 0 Å². The summed E-state index contributed by atoms with van der Waals surface area (Å²) in [5.41, 5.74) is 12.1. The minimum Gasteiger partial charge on any atom is -0.354 e. The number of hydrogen-bond acceptors (Lipinski definition) is 2. The van der Waals surface area contributed by atoms with Gasteiger partial charge in [0, 0.05) is 10.9 Å². The van der Waals surface area contributed by atoms with Crippen LogP contribution in [0.25, 0.3) is 21.5 Å². The summed E-state index contributed by atoms with van der Waals surface area (Å²) in [5, 5.41) is 1.36. The van der Waals surface area contributed by atoms with E-state index in [1.807, 2.05) is 6.07 Å². The van der Waals surface area contributed by atoms with Gasteiger partial charge < -0.3 is 10.7 Å². The van der Waals surface area contributed by atoms with E-state index < -0.39 is 0 Å². The highest BCUT2D eigenvalue weighted by atomic mass is 35.5. The van der Waals surface area contributed by atoms with Gasteiger partial charge in [0.15, 0.2) is 0 Å². The lowest BCUT2D eigenvalue weighted by molar-refractivity contribution is 0.748. The summed E-state index contributed by atoms with van der Waals surface area (Å²) in [4.78, 5) is 4.83. The lowest BCUT2D eigenvalue weighted by atomic mass is 9.99. The Morgan fingerprint density at radius 2 is 2.00 bits per heavy atom. The molecule has 4 heteroatoms. The normalized spacial score (nSPS) is 11.5. The zero-order valence-corrected chi connectivity index (χ0v) is 14.6. The predicted octanol–water partition coefficient (Wildman–Crippen LogP) is 5.45. The Morgan fingerprint density at radius 1 is 1.18 bits per heavy atom. The number of aromatic nitrogens is 1. The van der Waals surface area contributed by atoms with E-state index in [9.17, 15) is 0 Å². The van der Waals surface area contributed by atoms with Crippen LogP contribution in [-0.2, 0) is 6.42 Å². The Hall–Kier alpha value is -1.29. The predicted molar refractivity (Wildman–Crippen MR) is 98.1 cm³/mol. The molecule has 0 unspecified atom stereocenters.